The lowest BCUT2D eigenvalue weighted by molar-refractivity contribution is -0.0392. The molecule has 0 saturated carbocycles. The van der Waals surface area contributed by atoms with Gasteiger partial charge in [-0.2, -0.15) is 0 Å². The molecule has 0 saturated heterocycles. The number of aromatic nitrogens is 1. The number of aliphatic hydroxyl groups excluding tert-OH is 1. The van der Waals surface area contributed by atoms with Crippen molar-refractivity contribution in [1.82, 2.24) is 4.98 Å². The Morgan fingerprint density at radius 1 is 1.33 bits per heavy atom. The average molecular weight is 209 g/mol. The first-order valence-electron chi connectivity index (χ1n) is 5.18. The van der Waals surface area contributed by atoms with Gasteiger partial charge in [0.15, 0.2) is 0 Å². The number of ether oxygens (including phenoxy) is 1. The van der Waals surface area contributed by atoms with E-state index in [2.05, 4.69) is 4.98 Å². The molecule has 3 heteroatoms. The van der Waals surface area contributed by atoms with Crippen LogP contribution < -0.4 is 0 Å². The zero-order valence-corrected chi connectivity index (χ0v) is 9.77. The lowest BCUT2D eigenvalue weighted by atomic mass is 9.96. The van der Waals surface area contributed by atoms with Crippen LogP contribution in [0.5, 0.6) is 0 Å². The summed E-state index contributed by atoms with van der Waals surface area (Å²) in [6, 6.07) is 1.94. The molecule has 1 rings (SSSR count). The molecule has 1 aromatic rings. The number of aryl methyl sites for hydroxylation is 1. The van der Waals surface area contributed by atoms with Gasteiger partial charge in [-0.25, -0.2) is 0 Å². The highest BCUT2D eigenvalue weighted by Gasteiger charge is 2.23. The minimum atomic E-state index is -0.609. The SMILES string of the molecule is COC(C(C)C)C(O)c1cncc(C)c1. The molecule has 0 aromatic carbocycles. The number of hydrogen-bond donors (Lipinski definition) is 1. The standard InChI is InChI=1S/C12H19NO2/c1-8(2)12(15-4)11(14)10-5-9(3)6-13-7-10/h5-8,11-12,14H,1-4H3. The van der Waals surface area contributed by atoms with Crippen molar-refractivity contribution in [2.45, 2.75) is 33.0 Å². The molecule has 1 heterocycles. The zero-order valence-electron chi connectivity index (χ0n) is 9.77. The molecule has 84 valence electrons. The topological polar surface area (TPSA) is 42.4 Å². The third kappa shape index (κ3) is 3.01. The van der Waals surface area contributed by atoms with E-state index >= 15 is 0 Å². The molecule has 1 aromatic heterocycles. The molecule has 0 spiro atoms. The summed E-state index contributed by atoms with van der Waals surface area (Å²) in [5.41, 5.74) is 1.86. The highest BCUT2D eigenvalue weighted by molar-refractivity contribution is 5.19. The van der Waals surface area contributed by atoms with Gasteiger partial charge in [0.05, 0.1) is 6.10 Å². The van der Waals surface area contributed by atoms with Crippen LogP contribution in [0.4, 0.5) is 0 Å². The van der Waals surface area contributed by atoms with Crippen molar-refractivity contribution in [2.75, 3.05) is 7.11 Å². The third-order valence-electron chi connectivity index (χ3n) is 2.48. The van der Waals surface area contributed by atoms with Crippen LogP contribution in [0.2, 0.25) is 0 Å². The first-order valence-corrected chi connectivity index (χ1v) is 5.18. The van der Waals surface area contributed by atoms with E-state index in [0.717, 1.165) is 11.1 Å². The number of methoxy groups -OCH3 is 1. The van der Waals surface area contributed by atoms with E-state index in [4.69, 9.17) is 4.74 Å². The number of aliphatic hydroxyl groups is 1. The summed E-state index contributed by atoms with van der Waals surface area (Å²) >= 11 is 0. The van der Waals surface area contributed by atoms with E-state index in [9.17, 15) is 5.11 Å². The summed E-state index contributed by atoms with van der Waals surface area (Å²) in [4.78, 5) is 4.07. The fraction of sp³-hybridized carbons (Fsp3) is 0.583. The molecule has 1 N–H and O–H groups in total. The van der Waals surface area contributed by atoms with E-state index in [1.54, 1.807) is 19.5 Å². The molecule has 3 nitrogen and oxygen atoms in total. The van der Waals surface area contributed by atoms with Crippen LogP contribution in [0.3, 0.4) is 0 Å². The Morgan fingerprint density at radius 2 is 2.00 bits per heavy atom. The largest absolute Gasteiger partial charge is 0.386 e. The molecular weight excluding hydrogens is 190 g/mol. The predicted molar refractivity (Wildman–Crippen MR) is 59.6 cm³/mol. The van der Waals surface area contributed by atoms with E-state index in [0.29, 0.717) is 0 Å². The van der Waals surface area contributed by atoms with Gasteiger partial charge in [0.1, 0.15) is 6.10 Å². The van der Waals surface area contributed by atoms with Crippen molar-refractivity contribution in [3.8, 4) is 0 Å². The average Bonchev–Trinajstić information content (AvgIpc) is 2.18. The molecule has 2 atom stereocenters. The Balaban J connectivity index is 2.87. The Morgan fingerprint density at radius 3 is 2.47 bits per heavy atom. The molecular formula is C12H19NO2. The predicted octanol–water partition coefficient (Wildman–Crippen LogP) is 2.09. The number of nitrogens with zero attached hydrogens (tertiary/aromatic N) is 1. The van der Waals surface area contributed by atoms with E-state index in [1.165, 1.54) is 0 Å². The monoisotopic (exact) mass is 209 g/mol. The molecule has 0 amide bonds. The maximum atomic E-state index is 10.1. The second kappa shape index (κ2) is 5.24. The number of rotatable bonds is 4. The summed E-state index contributed by atoms with van der Waals surface area (Å²) < 4.78 is 5.29. The molecule has 0 aliphatic heterocycles. The van der Waals surface area contributed by atoms with Crippen molar-refractivity contribution in [3.63, 3.8) is 0 Å². The number of hydrogen-bond acceptors (Lipinski definition) is 3. The highest BCUT2D eigenvalue weighted by Crippen LogP contribution is 2.23. The fourth-order valence-electron chi connectivity index (χ4n) is 1.70. The van der Waals surface area contributed by atoms with Crippen LogP contribution in [0.25, 0.3) is 0 Å². The van der Waals surface area contributed by atoms with Gasteiger partial charge in [-0.15, -0.1) is 0 Å². The summed E-state index contributed by atoms with van der Waals surface area (Å²) in [5, 5.41) is 10.1. The minimum absolute atomic E-state index is 0.186. The van der Waals surface area contributed by atoms with Crippen molar-refractivity contribution in [1.29, 1.82) is 0 Å². The van der Waals surface area contributed by atoms with Crippen LogP contribution in [0, 0.1) is 12.8 Å². The quantitative estimate of drug-likeness (QED) is 0.825. The van der Waals surface area contributed by atoms with Gasteiger partial charge in [0.25, 0.3) is 0 Å². The van der Waals surface area contributed by atoms with Crippen LogP contribution >= 0.6 is 0 Å². The smallest absolute Gasteiger partial charge is 0.107 e. The molecule has 0 aliphatic carbocycles. The normalized spacial score (nSPS) is 15.3. The second-order valence-corrected chi connectivity index (χ2v) is 4.18. The number of pyridine rings is 1. The summed E-state index contributed by atoms with van der Waals surface area (Å²) in [7, 11) is 1.62. The summed E-state index contributed by atoms with van der Waals surface area (Å²) in [6.45, 7) is 6.02. The van der Waals surface area contributed by atoms with Crippen molar-refractivity contribution < 1.29 is 9.84 Å². The fourth-order valence-corrected chi connectivity index (χ4v) is 1.70. The van der Waals surface area contributed by atoms with E-state index in [-0.39, 0.29) is 12.0 Å². The molecule has 0 bridgehead atoms. The minimum Gasteiger partial charge on any atom is -0.386 e. The summed E-state index contributed by atoms with van der Waals surface area (Å²) in [6.07, 6.45) is 2.66. The lowest BCUT2D eigenvalue weighted by Crippen LogP contribution is -2.26. The van der Waals surface area contributed by atoms with Gasteiger partial charge in [-0.05, 0) is 18.4 Å². The molecule has 0 radical (unpaired) electrons. The summed E-state index contributed by atoms with van der Waals surface area (Å²) in [5.74, 6) is 0.269. The van der Waals surface area contributed by atoms with Gasteiger partial charge in [0, 0.05) is 25.1 Å². The zero-order chi connectivity index (χ0) is 11.4. The van der Waals surface area contributed by atoms with Crippen molar-refractivity contribution in [2.24, 2.45) is 5.92 Å². The Hall–Kier alpha value is -0.930. The first kappa shape index (κ1) is 12.1. The third-order valence-corrected chi connectivity index (χ3v) is 2.48. The maximum Gasteiger partial charge on any atom is 0.107 e. The Bertz CT molecular complexity index is 312. The van der Waals surface area contributed by atoms with Gasteiger partial charge in [-0.3, -0.25) is 4.98 Å². The van der Waals surface area contributed by atoms with Gasteiger partial charge in [0.2, 0.25) is 0 Å². The Labute approximate surface area is 91.1 Å². The van der Waals surface area contributed by atoms with Gasteiger partial charge in [-0.1, -0.05) is 19.9 Å². The van der Waals surface area contributed by atoms with Crippen LogP contribution in [-0.2, 0) is 4.74 Å². The molecule has 15 heavy (non-hydrogen) atoms. The van der Waals surface area contributed by atoms with Crippen molar-refractivity contribution in [3.05, 3.63) is 29.6 Å². The van der Waals surface area contributed by atoms with Crippen LogP contribution in [-0.4, -0.2) is 23.3 Å². The lowest BCUT2D eigenvalue weighted by Gasteiger charge is -2.25. The van der Waals surface area contributed by atoms with Gasteiger partial charge >= 0.3 is 0 Å². The second-order valence-electron chi connectivity index (χ2n) is 4.18. The van der Waals surface area contributed by atoms with Crippen LogP contribution in [0.15, 0.2) is 18.5 Å². The van der Waals surface area contributed by atoms with Crippen LogP contribution in [0.1, 0.15) is 31.1 Å². The maximum absolute atomic E-state index is 10.1. The van der Waals surface area contributed by atoms with Crippen molar-refractivity contribution >= 4 is 0 Å². The molecule has 2 unspecified atom stereocenters. The van der Waals surface area contributed by atoms with E-state index in [1.807, 2.05) is 26.8 Å². The molecule has 0 fully saturated rings. The first-order chi connectivity index (χ1) is 7.06. The molecule has 0 aliphatic rings. The highest BCUT2D eigenvalue weighted by atomic mass is 16.5. The Kier molecular flexibility index (Phi) is 4.24. The van der Waals surface area contributed by atoms with Gasteiger partial charge < -0.3 is 9.84 Å². The van der Waals surface area contributed by atoms with E-state index < -0.39 is 6.10 Å².